The molecule has 2 aromatic rings. The molecule has 3 nitrogen and oxygen atoms in total. The molecule has 0 amide bonds. The lowest BCUT2D eigenvalue weighted by molar-refractivity contribution is 0.0625. The van der Waals surface area contributed by atoms with Crippen LogP contribution >= 0.6 is 0 Å². The summed E-state index contributed by atoms with van der Waals surface area (Å²) in [5, 5.41) is 0.718. The normalized spacial score (nSPS) is 22.5. The lowest BCUT2D eigenvalue weighted by Crippen LogP contribution is -2.39. The van der Waals surface area contributed by atoms with Crippen molar-refractivity contribution in [3.05, 3.63) is 35.5 Å². The lowest BCUT2D eigenvalue weighted by Gasteiger charge is -2.29. The number of alkyl halides is 1. The van der Waals surface area contributed by atoms with E-state index >= 15 is 0 Å². The number of carbonyl (C=O) groups is 1. The van der Waals surface area contributed by atoms with Gasteiger partial charge in [0.05, 0.1) is 22.5 Å². The lowest BCUT2D eigenvalue weighted by atomic mass is 9.80. The Morgan fingerprint density at radius 1 is 1.42 bits per heavy atom. The number of fused-ring (bicyclic) bond motifs is 2. The molecule has 1 aromatic heterocycles. The van der Waals surface area contributed by atoms with E-state index in [1.165, 1.54) is 0 Å². The molecule has 0 spiro atoms. The van der Waals surface area contributed by atoms with E-state index < -0.39 is 11.5 Å². The van der Waals surface area contributed by atoms with E-state index in [1.54, 1.807) is 6.92 Å². The Morgan fingerprint density at radius 2 is 2.16 bits per heavy atom. The molecule has 1 aliphatic rings. The Hall–Kier alpha value is -1.97. The summed E-state index contributed by atoms with van der Waals surface area (Å²) in [7, 11) is 0. The molecule has 0 bridgehead atoms. The van der Waals surface area contributed by atoms with Crippen molar-refractivity contribution in [1.82, 2.24) is 4.98 Å². The number of aryl methyl sites for hydroxylation is 1. The number of rotatable bonds is 1. The number of pyridine rings is 1. The summed E-state index contributed by atoms with van der Waals surface area (Å²) in [5.41, 5.74) is 6.33. The quantitative estimate of drug-likeness (QED) is 0.855. The van der Waals surface area contributed by atoms with Gasteiger partial charge in [-0.05, 0) is 25.3 Å². The molecule has 98 valence electrons. The third-order valence-corrected chi connectivity index (χ3v) is 3.96. The van der Waals surface area contributed by atoms with E-state index in [2.05, 4.69) is 4.98 Å². The van der Waals surface area contributed by atoms with Crippen molar-refractivity contribution in [2.24, 2.45) is 0 Å². The number of para-hydroxylation sites is 1. The van der Waals surface area contributed by atoms with Crippen LogP contribution in [0, 0.1) is 0 Å². The molecule has 2 N–H and O–H groups in total. The second kappa shape index (κ2) is 4.02. The third-order valence-electron chi connectivity index (χ3n) is 3.96. The van der Waals surface area contributed by atoms with Crippen molar-refractivity contribution in [1.29, 1.82) is 0 Å². The maximum atomic E-state index is 14.5. The van der Waals surface area contributed by atoms with Crippen LogP contribution in [0.4, 0.5) is 10.1 Å². The first-order valence-corrected chi connectivity index (χ1v) is 6.47. The first kappa shape index (κ1) is 12.1. The van der Waals surface area contributed by atoms with Crippen molar-refractivity contribution >= 4 is 22.4 Å². The number of carbonyl (C=O) groups excluding carboxylic acids is 1. The van der Waals surface area contributed by atoms with Gasteiger partial charge in [-0.2, -0.15) is 0 Å². The van der Waals surface area contributed by atoms with Gasteiger partial charge in [0.15, 0.2) is 5.67 Å². The van der Waals surface area contributed by atoms with Crippen LogP contribution in [0.1, 0.15) is 35.8 Å². The van der Waals surface area contributed by atoms with Gasteiger partial charge < -0.3 is 5.73 Å². The molecule has 1 aliphatic carbocycles. The maximum absolute atomic E-state index is 14.5. The van der Waals surface area contributed by atoms with Crippen LogP contribution in [-0.4, -0.2) is 16.4 Å². The van der Waals surface area contributed by atoms with Crippen molar-refractivity contribution in [3.8, 4) is 0 Å². The topological polar surface area (TPSA) is 56.0 Å². The van der Waals surface area contributed by atoms with E-state index in [-0.39, 0.29) is 18.4 Å². The van der Waals surface area contributed by atoms with Gasteiger partial charge in [0.2, 0.25) is 5.78 Å². The molecule has 3 rings (SSSR count). The molecule has 1 atom stereocenters. The fourth-order valence-electron chi connectivity index (χ4n) is 2.72. The number of anilines is 1. The minimum atomic E-state index is -1.79. The molecule has 0 radical (unpaired) electrons. The van der Waals surface area contributed by atoms with Gasteiger partial charge in [-0.25, -0.2) is 4.39 Å². The smallest absolute Gasteiger partial charge is 0.203 e. The number of benzene rings is 1. The maximum Gasteiger partial charge on any atom is 0.203 e. The van der Waals surface area contributed by atoms with Crippen LogP contribution in [0.2, 0.25) is 0 Å². The number of hydrogen-bond donors (Lipinski definition) is 1. The van der Waals surface area contributed by atoms with Crippen LogP contribution in [0.25, 0.3) is 10.9 Å². The van der Waals surface area contributed by atoms with E-state index in [4.69, 9.17) is 5.73 Å². The highest BCUT2D eigenvalue weighted by atomic mass is 19.1. The Morgan fingerprint density at radius 3 is 2.89 bits per heavy atom. The number of hydrogen-bond acceptors (Lipinski definition) is 3. The average molecular weight is 258 g/mol. The summed E-state index contributed by atoms with van der Waals surface area (Å²) in [6.07, 6.45) is 0.831. The van der Waals surface area contributed by atoms with Crippen LogP contribution in [0.15, 0.2) is 24.3 Å². The van der Waals surface area contributed by atoms with Gasteiger partial charge >= 0.3 is 0 Å². The highest BCUT2D eigenvalue weighted by Crippen LogP contribution is 2.38. The summed E-state index contributed by atoms with van der Waals surface area (Å²) in [6.45, 7) is 1.69. The van der Waals surface area contributed by atoms with E-state index in [9.17, 15) is 9.18 Å². The fraction of sp³-hybridized carbons (Fsp3) is 0.333. The SMILES string of the molecule is CCC1(F)CCc2nc3ccccc3c(N)c2C1=O. The third kappa shape index (κ3) is 1.63. The fourth-order valence-corrected chi connectivity index (χ4v) is 2.72. The number of nitrogens with zero attached hydrogens (tertiary/aromatic N) is 1. The molecule has 0 fully saturated rings. The number of nitrogen functional groups attached to an aromatic ring is 1. The van der Waals surface area contributed by atoms with Gasteiger partial charge in [-0.3, -0.25) is 9.78 Å². The zero-order chi connectivity index (χ0) is 13.6. The van der Waals surface area contributed by atoms with Crippen LogP contribution in [-0.2, 0) is 6.42 Å². The second-order valence-electron chi connectivity index (χ2n) is 5.01. The van der Waals surface area contributed by atoms with Gasteiger partial charge in [-0.1, -0.05) is 25.1 Å². The van der Waals surface area contributed by atoms with Crippen LogP contribution in [0.5, 0.6) is 0 Å². The minimum absolute atomic E-state index is 0.178. The van der Waals surface area contributed by atoms with Crippen molar-refractivity contribution in [3.63, 3.8) is 0 Å². The van der Waals surface area contributed by atoms with Crippen LogP contribution in [0.3, 0.4) is 0 Å². The first-order chi connectivity index (χ1) is 9.07. The molecule has 1 heterocycles. The van der Waals surface area contributed by atoms with Crippen molar-refractivity contribution in [2.45, 2.75) is 31.9 Å². The minimum Gasteiger partial charge on any atom is -0.398 e. The highest BCUT2D eigenvalue weighted by molar-refractivity contribution is 6.12. The number of halogens is 1. The molecular formula is C15H15FN2O. The molecule has 19 heavy (non-hydrogen) atoms. The number of Topliss-reactive ketones (excluding diaryl/α,β-unsaturated/α-hetero) is 1. The predicted molar refractivity (Wildman–Crippen MR) is 72.9 cm³/mol. The van der Waals surface area contributed by atoms with Gasteiger partial charge in [0.25, 0.3) is 0 Å². The molecule has 0 saturated heterocycles. The van der Waals surface area contributed by atoms with Gasteiger partial charge in [-0.15, -0.1) is 0 Å². The van der Waals surface area contributed by atoms with E-state index in [0.29, 0.717) is 17.8 Å². The Balaban J connectivity index is 2.30. The molecule has 1 aromatic carbocycles. The number of ketones is 1. The van der Waals surface area contributed by atoms with Crippen LogP contribution < -0.4 is 5.73 Å². The summed E-state index contributed by atoms with van der Waals surface area (Å²) in [5.74, 6) is -0.507. The number of aromatic nitrogens is 1. The highest BCUT2D eigenvalue weighted by Gasteiger charge is 2.43. The Labute approximate surface area is 110 Å². The number of nitrogens with two attached hydrogens (primary N) is 1. The first-order valence-electron chi connectivity index (χ1n) is 6.47. The van der Waals surface area contributed by atoms with Crippen molar-refractivity contribution in [2.75, 3.05) is 5.73 Å². The monoisotopic (exact) mass is 258 g/mol. The molecule has 1 unspecified atom stereocenters. The summed E-state index contributed by atoms with van der Waals surface area (Å²) in [4.78, 5) is 16.8. The Kier molecular flexibility index (Phi) is 2.55. The average Bonchev–Trinajstić information content (AvgIpc) is 2.43. The van der Waals surface area contributed by atoms with Gasteiger partial charge in [0, 0.05) is 5.39 Å². The van der Waals surface area contributed by atoms with E-state index in [1.807, 2.05) is 24.3 Å². The molecular weight excluding hydrogens is 243 g/mol. The van der Waals surface area contributed by atoms with Crippen molar-refractivity contribution < 1.29 is 9.18 Å². The molecule has 0 aliphatic heterocycles. The summed E-state index contributed by atoms with van der Waals surface area (Å²) < 4.78 is 14.5. The zero-order valence-electron chi connectivity index (χ0n) is 10.7. The predicted octanol–water partition coefficient (Wildman–Crippen LogP) is 3.06. The summed E-state index contributed by atoms with van der Waals surface area (Å²) >= 11 is 0. The standard InChI is InChI=1S/C15H15FN2O/c1-2-15(16)8-7-11-12(14(15)19)13(17)9-5-3-4-6-10(9)18-11/h3-6H,2,7-8H2,1H3,(H2,17,18). The zero-order valence-corrected chi connectivity index (χ0v) is 10.7. The molecule has 4 heteroatoms. The van der Waals surface area contributed by atoms with E-state index in [0.717, 1.165) is 10.9 Å². The Bertz CT molecular complexity index is 683. The molecule has 0 saturated carbocycles. The largest absolute Gasteiger partial charge is 0.398 e. The second-order valence-corrected chi connectivity index (χ2v) is 5.01. The van der Waals surface area contributed by atoms with Gasteiger partial charge in [0.1, 0.15) is 0 Å². The summed E-state index contributed by atoms with van der Waals surface area (Å²) in [6, 6.07) is 7.37.